The summed E-state index contributed by atoms with van der Waals surface area (Å²) < 4.78 is 5.54. The van der Waals surface area contributed by atoms with Crippen LogP contribution in [0.5, 0.6) is 0 Å². The van der Waals surface area contributed by atoms with E-state index in [1.54, 1.807) is 0 Å². The highest BCUT2D eigenvalue weighted by atomic mass is 16.5. The highest BCUT2D eigenvalue weighted by Crippen LogP contribution is 2.19. The third-order valence-electron chi connectivity index (χ3n) is 3.72. The number of aromatic nitrogens is 1. The summed E-state index contributed by atoms with van der Waals surface area (Å²) in [6.45, 7) is 4.98. The van der Waals surface area contributed by atoms with E-state index in [0.29, 0.717) is 13.2 Å². The molecule has 102 valence electrons. The van der Waals surface area contributed by atoms with Gasteiger partial charge in [0.05, 0.1) is 12.2 Å². The minimum atomic E-state index is -0.365. The first-order valence-electron chi connectivity index (χ1n) is 6.84. The fraction of sp³-hybridized carbons (Fsp3) is 0.467. The Kier molecular flexibility index (Phi) is 3.55. The standard InChI is InChI=1S/C15H20N2O2/c1-2-19-15-10-17(9-14(15)18)8-11-3-4-13-12(7-11)5-6-16-13/h3-7,14-16,18H,2,8-10H2,1H3/t14-,15-/m0/s1. The summed E-state index contributed by atoms with van der Waals surface area (Å²) in [7, 11) is 0. The maximum atomic E-state index is 9.94. The lowest BCUT2D eigenvalue weighted by Crippen LogP contribution is -2.26. The molecule has 19 heavy (non-hydrogen) atoms. The number of rotatable bonds is 4. The number of hydrogen-bond acceptors (Lipinski definition) is 3. The highest BCUT2D eigenvalue weighted by molar-refractivity contribution is 5.79. The van der Waals surface area contributed by atoms with E-state index in [1.165, 1.54) is 10.9 Å². The number of H-pyrrole nitrogens is 1. The van der Waals surface area contributed by atoms with Gasteiger partial charge in [-0.05, 0) is 36.1 Å². The molecule has 0 radical (unpaired) electrons. The van der Waals surface area contributed by atoms with Gasteiger partial charge in [-0.3, -0.25) is 4.90 Å². The van der Waals surface area contributed by atoms with Gasteiger partial charge >= 0.3 is 0 Å². The predicted molar refractivity (Wildman–Crippen MR) is 75.0 cm³/mol. The molecule has 1 aliphatic rings. The Bertz CT molecular complexity index is 552. The summed E-state index contributed by atoms with van der Waals surface area (Å²) in [6.07, 6.45) is 1.55. The van der Waals surface area contributed by atoms with Gasteiger partial charge in [0.2, 0.25) is 0 Å². The number of nitrogens with one attached hydrogen (secondary N) is 1. The van der Waals surface area contributed by atoms with Crippen LogP contribution in [0.4, 0.5) is 0 Å². The van der Waals surface area contributed by atoms with Gasteiger partial charge < -0.3 is 14.8 Å². The Hall–Kier alpha value is -1.36. The van der Waals surface area contributed by atoms with Crippen molar-refractivity contribution in [2.45, 2.75) is 25.7 Å². The lowest BCUT2D eigenvalue weighted by Gasteiger charge is -2.15. The van der Waals surface area contributed by atoms with Gasteiger partial charge in [-0.25, -0.2) is 0 Å². The zero-order valence-corrected chi connectivity index (χ0v) is 11.2. The number of nitrogens with zero attached hydrogens (tertiary/aromatic N) is 1. The normalized spacial score (nSPS) is 24.3. The van der Waals surface area contributed by atoms with Crippen LogP contribution in [0.2, 0.25) is 0 Å². The van der Waals surface area contributed by atoms with Crippen LogP contribution in [0.3, 0.4) is 0 Å². The fourth-order valence-electron chi connectivity index (χ4n) is 2.80. The van der Waals surface area contributed by atoms with Crippen molar-refractivity contribution in [3.63, 3.8) is 0 Å². The van der Waals surface area contributed by atoms with Crippen LogP contribution in [-0.2, 0) is 11.3 Å². The van der Waals surface area contributed by atoms with E-state index in [1.807, 2.05) is 13.1 Å². The largest absolute Gasteiger partial charge is 0.389 e. The van der Waals surface area contributed by atoms with Crippen LogP contribution in [-0.4, -0.2) is 46.9 Å². The van der Waals surface area contributed by atoms with E-state index < -0.39 is 0 Å². The first kappa shape index (κ1) is 12.7. The van der Waals surface area contributed by atoms with E-state index >= 15 is 0 Å². The maximum absolute atomic E-state index is 9.94. The number of aromatic amines is 1. The molecule has 1 aromatic carbocycles. The number of β-amino-alcohol motifs (C(OH)–C–C–N with tert-alkyl or cyclic N) is 1. The molecule has 1 fully saturated rings. The van der Waals surface area contributed by atoms with Crippen molar-refractivity contribution in [2.24, 2.45) is 0 Å². The molecule has 2 atom stereocenters. The van der Waals surface area contributed by atoms with Crippen molar-refractivity contribution in [3.8, 4) is 0 Å². The zero-order chi connectivity index (χ0) is 13.2. The zero-order valence-electron chi connectivity index (χ0n) is 11.2. The average molecular weight is 260 g/mol. The first-order chi connectivity index (χ1) is 9.26. The van der Waals surface area contributed by atoms with Crippen molar-refractivity contribution in [1.29, 1.82) is 0 Å². The minimum absolute atomic E-state index is 0.0408. The number of aliphatic hydroxyl groups is 1. The molecular formula is C15H20N2O2. The fourth-order valence-corrected chi connectivity index (χ4v) is 2.80. The van der Waals surface area contributed by atoms with Gasteiger partial charge in [-0.1, -0.05) is 6.07 Å². The van der Waals surface area contributed by atoms with Crippen LogP contribution in [0.1, 0.15) is 12.5 Å². The molecular weight excluding hydrogens is 240 g/mol. The molecule has 0 saturated carbocycles. The Morgan fingerprint density at radius 1 is 1.37 bits per heavy atom. The van der Waals surface area contributed by atoms with E-state index in [4.69, 9.17) is 4.74 Å². The van der Waals surface area contributed by atoms with Gasteiger partial charge in [-0.2, -0.15) is 0 Å². The van der Waals surface area contributed by atoms with E-state index in [2.05, 4.69) is 34.1 Å². The molecule has 0 bridgehead atoms. The van der Waals surface area contributed by atoms with E-state index in [0.717, 1.165) is 18.6 Å². The van der Waals surface area contributed by atoms with Gasteiger partial charge in [0.1, 0.15) is 0 Å². The number of aliphatic hydroxyl groups excluding tert-OH is 1. The molecule has 4 heteroatoms. The van der Waals surface area contributed by atoms with Crippen LogP contribution >= 0.6 is 0 Å². The lowest BCUT2D eigenvalue weighted by atomic mass is 10.1. The number of fused-ring (bicyclic) bond motifs is 1. The molecule has 2 heterocycles. The van der Waals surface area contributed by atoms with Crippen molar-refractivity contribution < 1.29 is 9.84 Å². The summed E-state index contributed by atoms with van der Waals surface area (Å²) in [5, 5.41) is 11.2. The smallest absolute Gasteiger partial charge is 0.0972 e. The topological polar surface area (TPSA) is 48.5 Å². The Morgan fingerprint density at radius 2 is 2.26 bits per heavy atom. The minimum Gasteiger partial charge on any atom is -0.389 e. The second-order valence-corrected chi connectivity index (χ2v) is 5.15. The molecule has 0 unspecified atom stereocenters. The van der Waals surface area contributed by atoms with Gasteiger partial charge in [0.15, 0.2) is 0 Å². The van der Waals surface area contributed by atoms with E-state index in [9.17, 15) is 5.11 Å². The van der Waals surface area contributed by atoms with Crippen LogP contribution in [0.15, 0.2) is 30.5 Å². The van der Waals surface area contributed by atoms with Gasteiger partial charge in [-0.15, -0.1) is 0 Å². The third kappa shape index (κ3) is 2.66. The monoisotopic (exact) mass is 260 g/mol. The quantitative estimate of drug-likeness (QED) is 0.880. The average Bonchev–Trinajstić information content (AvgIpc) is 2.97. The Balaban J connectivity index is 1.68. The SMILES string of the molecule is CCO[C@H]1CN(Cc2ccc3[nH]ccc3c2)C[C@@H]1O. The summed E-state index contributed by atoms with van der Waals surface area (Å²) in [6, 6.07) is 8.53. The summed E-state index contributed by atoms with van der Waals surface area (Å²) >= 11 is 0. The van der Waals surface area contributed by atoms with Crippen molar-refractivity contribution in [3.05, 3.63) is 36.0 Å². The molecule has 2 aromatic rings. The van der Waals surface area contributed by atoms with E-state index in [-0.39, 0.29) is 12.2 Å². The maximum Gasteiger partial charge on any atom is 0.0972 e. The number of ether oxygens (including phenoxy) is 1. The molecule has 1 aromatic heterocycles. The van der Waals surface area contributed by atoms with Crippen molar-refractivity contribution in [1.82, 2.24) is 9.88 Å². The predicted octanol–water partition coefficient (Wildman–Crippen LogP) is 1.75. The number of benzene rings is 1. The molecule has 1 aliphatic heterocycles. The molecule has 0 aliphatic carbocycles. The summed E-state index contributed by atoms with van der Waals surface area (Å²) in [5.41, 5.74) is 2.44. The van der Waals surface area contributed by atoms with Crippen molar-refractivity contribution in [2.75, 3.05) is 19.7 Å². The van der Waals surface area contributed by atoms with Crippen LogP contribution < -0.4 is 0 Å². The van der Waals surface area contributed by atoms with Crippen LogP contribution in [0, 0.1) is 0 Å². The second-order valence-electron chi connectivity index (χ2n) is 5.15. The molecule has 0 spiro atoms. The van der Waals surface area contributed by atoms with Gasteiger partial charge in [0.25, 0.3) is 0 Å². The Morgan fingerprint density at radius 3 is 3.11 bits per heavy atom. The lowest BCUT2D eigenvalue weighted by molar-refractivity contribution is -0.00245. The Labute approximate surface area is 113 Å². The molecule has 4 nitrogen and oxygen atoms in total. The number of hydrogen-bond donors (Lipinski definition) is 2. The molecule has 2 N–H and O–H groups in total. The molecule has 3 rings (SSSR count). The van der Waals surface area contributed by atoms with Crippen LogP contribution in [0.25, 0.3) is 10.9 Å². The third-order valence-corrected chi connectivity index (χ3v) is 3.72. The van der Waals surface area contributed by atoms with Crippen molar-refractivity contribution >= 4 is 10.9 Å². The summed E-state index contributed by atoms with van der Waals surface area (Å²) in [5.74, 6) is 0. The molecule has 1 saturated heterocycles. The second kappa shape index (κ2) is 5.33. The summed E-state index contributed by atoms with van der Waals surface area (Å²) in [4.78, 5) is 5.45. The van der Waals surface area contributed by atoms with Gasteiger partial charge in [0, 0.05) is 38.0 Å². The number of likely N-dealkylation sites (tertiary alicyclic amines) is 1. The molecule has 0 amide bonds. The first-order valence-corrected chi connectivity index (χ1v) is 6.84. The highest BCUT2D eigenvalue weighted by Gasteiger charge is 2.31.